The lowest BCUT2D eigenvalue weighted by atomic mass is 10.1. The molecule has 0 saturated carbocycles. The lowest BCUT2D eigenvalue weighted by molar-refractivity contribution is 0.396. The Labute approximate surface area is 117 Å². The topological polar surface area (TPSA) is 66.0 Å². The molecule has 2 rings (SSSR count). The third-order valence-corrected chi connectivity index (χ3v) is 3.78. The summed E-state index contributed by atoms with van der Waals surface area (Å²) in [5, 5.41) is 7.46. The van der Waals surface area contributed by atoms with Crippen molar-refractivity contribution in [2.45, 2.75) is 39.3 Å². The molecule has 0 radical (unpaired) electrons. The van der Waals surface area contributed by atoms with Gasteiger partial charge in [0.25, 0.3) is 0 Å². The number of nitrogens with zero attached hydrogens (tertiary/aromatic N) is 3. The summed E-state index contributed by atoms with van der Waals surface area (Å²) in [5.74, 6) is 0.744. The molecular weight excluding hydrogens is 260 g/mol. The molecule has 1 unspecified atom stereocenters. The van der Waals surface area contributed by atoms with Crippen molar-refractivity contribution in [1.82, 2.24) is 14.8 Å². The Balaban J connectivity index is 2.26. The first kappa shape index (κ1) is 14.0. The van der Waals surface area contributed by atoms with Crippen molar-refractivity contribution >= 4 is 11.3 Å². The molecule has 19 heavy (non-hydrogen) atoms. The van der Waals surface area contributed by atoms with Gasteiger partial charge in [0.2, 0.25) is 0 Å². The first-order chi connectivity index (χ1) is 9.02. The van der Waals surface area contributed by atoms with Crippen LogP contribution in [0.25, 0.3) is 0 Å². The molecule has 0 saturated heterocycles. The van der Waals surface area contributed by atoms with Gasteiger partial charge in [0.15, 0.2) is 5.75 Å². The van der Waals surface area contributed by atoms with E-state index < -0.39 is 0 Å². The molecule has 0 aromatic carbocycles. The van der Waals surface area contributed by atoms with Crippen LogP contribution in [0.5, 0.6) is 5.75 Å². The van der Waals surface area contributed by atoms with Gasteiger partial charge in [-0.1, -0.05) is 0 Å². The first-order valence-corrected chi connectivity index (χ1v) is 7.18. The molecule has 0 aliphatic heterocycles. The molecule has 2 heterocycles. The zero-order chi connectivity index (χ0) is 14.0. The van der Waals surface area contributed by atoms with Crippen LogP contribution in [0, 0.1) is 6.92 Å². The first-order valence-electron chi connectivity index (χ1n) is 6.31. The van der Waals surface area contributed by atoms with E-state index in [9.17, 15) is 0 Å². The highest BCUT2D eigenvalue weighted by Crippen LogP contribution is 2.28. The Morgan fingerprint density at radius 2 is 2.21 bits per heavy atom. The monoisotopic (exact) mass is 280 g/mol. The summed E-state index contributed by atoms with van der Waals surface area (Å²) < 4.78 is 7.28. The van der Waals surface area contributed by atoms with E-state index in [0.717, 1.165) is 22.1 Å². The van der Waals surface area contributed by atoms with Gasteiger partial charge in [0.05, 0.1) is 35.7 Å². The SMILES string of the molecule is COc1cnn(C(C)C)c1C(N)Cc1csc(C)n1. The number of methoxy groups -OCH3 is 1. The van der Waals surface area contributed by atoms with Gasteiger partial charge in [-0.2, -0.15) is 5.10 Å². The molecule has 2 N–H and O–H groups in total. The zero-order valence-corrected chi connectivity index (χ0v) is 12.6. The maximum absolute atomic E-state index is 6.32. The number of hydrogen-bond donors (Lipinski definition) is 1. The van der Waals surface area contributed by atoms with Crippen LogP contribution in [-0.2, 0) is 6.42 Å². The van der Waals surface area contributed by atoms with Gasteiger partial charge in [-0.05, 0) is 20.8 Å². The van der Waals surface area contributed by atoms with Crippen molar-refractivity contribution in [1.29, 1.82) is 0 Å². The van der Waals surface area contributed by atoms with Crippen LogP contribution in [0.4, 0.5) is 0 Å². The van der Waals surface area contributed by atoms with Crippen LogP contribution in [-0.4, -0.2) is 21.9 Å². The average molecular weight is 280 g/mol. The van der Waals surface area contributed by atoms with Crippen molar-refractivity contribution in [2.75, 3.05) is 7.11 Å². The number of rotatable bonds is 5. The minimum atomic E-state index is -0.165. The van der Waals surface area contributed by atoms with Gasteiger partial charge in [-0.25, -0.2) is 4.98 Å². The van der Waals surface area contributed by atoms with Gasteiger partial charge < -0.3 is 10.5 Å². The van der Waals surface area contributed by atoms with Gasteiger partial charge in [-0.3, -0.25) is 4.68 Å². The standard InChI is InChI=1S/C13H20N4OS/c1-8(2)17-13(12(18-4)6-15-17)11(14)5-10-7-19-9(3)16-10/h6-8,11H,5,14H2,1-4H3. The van der Waals surface area contributed by atoms with E-state index in [1.54, 1.807) is 24.6 Å². The summed E-state index contributed by atoms with van der Waals surface area (Å²) in [4.78, 5) is 4.46. The highest BCUT2D eigenvalue weighted by molar-refractivity contribution is 7.09. The molecule has 5 nitrogen and oxygen atoms in total. The van der Waals surface area contributed by atoms with Crippen molar-refractivity contribution < 1.29 is 4.74 Å². The predicted molar refractivity (Wildman–Crippen MR) is 76.6 cm³/mol. The Morgan fingerprint density at radius 3 is 2.74 bits per heavy atom. The molecule has 2 aromatic heterocycles. The second-order valence-corrected chi connectivity index (χ2v) is 5.87. The second kappa shape index (κ2) is 5.71. The van der Waals surface area contributed by atoms with E-state index in [-0.39, 0.29) is 12.1 Å². The fourth-order valence-electron chi connectivity index (χ4n) is 2.10. The lowest BCUT2D eigenvalue weighted by Crippen LogP contribution is -2.20. The Bertz CT molecular complexity index is 547. The smallest absolute Gasteiger partial charge is 0.161 e. The van der Waals surface area contributed by atoms with Crippen LogP contribution in [0.1, 0.15) is 42.3 Å². The second-order valence-electron chi connectivity index (χ2n) is 4.80. The molecule has 6 heteroatoms. The van der Waals surface area contributed by atoms with E-state index in [0.29, 0.717) is 6.42 Å². The van der Waals surface area contributed by atoms with Crippen LogP contribution in [0.2, 0.25) is 0 Å². The molecule has 1 atom stereocenters. The number of ether oxygens (including phenoxy) is 1. The average Bonchev–Trinajstić information content (AvgIpc) is 2.94. The van der Waals surface area contributed by atoms with Crippen molar-refractivity contribution in [3.63, 3.8) is 0 Å². The van der Waals surface area contributed by atoms with E-state index in [4.69, 9.17) is 10.5 Å². The maximum Gasteiger partial charge on any atom is 0.161 e. The molecule has 0 bridgehead atoms. The number of hydrogen-bond acceptors (Lipinski definition) is 5. The molecule has 0 spiro atoms. The van der Waals surface area contributed by atoms with E-state index in [2.05, 4.69) is 29.3 Å². The van der Waals surface area contributed by atoms with Crippen molar-refractivity contribution in [3.8, 4) is 5.75 Å². The minimum absolute atomic E-state index is 0.165. The fourth-order valence-corrected chi connectivity index (χ4v) is 2.73. The van der Waals surface area contributed by atoms with Gasteiger partial charge in [0.1, 0.15) is 0 Å². The molecule has 0 fully saturated rings. The van der Waals surface area contributed by atoms with Crippen LogP contribution in [0.15, 0.2) is 11.6 Å². The Hall–Kier alpha value is -1.40. The molecule has 0 amide bonds. The number of aryl methyl sites for hydroxylation is 1. The number of nitrogens with two attached hydrogens (primary N) is 1. The fraction of sp³-hybridized carbons (Fsp3) is 0.538. The molecular formula is C13H20N4OS. The lowest BCUT2D eigenvalue weighted by Gasteiger charge is -2.17. The third kappa shape index (κ3) is 2.96. The molecule has 0 aliphatic carbocycles. The van der Waals surface area contributed by atoms with E-state index >= 15 is 0 Å². The third-order valence-electron chi connectivity index (χ3n) is 2.95. The maximum atomic E-state index is 6.32. The molecule has 0 aliphatic rings. The summed E-state index contributed by atoms with van der Waals surface area (Å²) >= 11 is 1.64. The molecule has 104 valence electrons. The highest BCUT2D eigenvalue weighted by atomic mass is 32.1. The summed E-state index contributed by atoms with van der Waals surface area (Å²) in [6.45, 7) is 6.16. The van der Waals surface area contributed by atoms with Gasteiger partial charge in [-0.15, -0.1) is 11.3 Å². The predicted octanol–water partition coefficient (Wildman–Crippen LogP) is 2.48. The summed E-state index contributed by atoms with van der Waals surface area (Å²) in [5.41, 5.74) is 8.27. The minimum Gasteiger partial charge on any atom is -0.493 e. The largest absolute Gasteiger partial charge is 0.493 e. The van der Waals surface area contributed by atoms with Gasteiger partial charge in [0, 0.05) is 17.8 Å². The summed E-state index contributed by atoms with van der Waals surface area (Å²) in [7, 11) is 1.64. The van der Waals surface area contributed by atoms with Gasteiger partial charge >= 0.3 is 0 Å². The summed E-state index contributed by atoms with van der Waals surface area (Å²) in [6.07, 6.45) is 2.42. The van der Waals surface area contributed by atoms with Crippen LogP contribution in [0.3, 0.4) is 0 Å². The van der Waals surface area contributed by atoms with Crippen LogP contribution >= 0.6 is 11.3 Å². The zero-order valence-electron chi connectivity index (χ0n) is 11.8. The Kier molecular flexibility index (Phi) is 4.21. The van der Waals surface area contributed by atoms with Crippen molar-refractivity contribution in [2.24, 2.45) is 5.73 Å². The normalized spacial score (nSPS) is 12.9. The number of thiazole rings is 1. The quantitative estimate of drug-likeness (QED) is 0.913. The van der Waals surface area contributed by atoms with E-state index in [1.165, 1.54) is 0 Å². The highest BCUT2D eigenvalue weighted by Gasteiger charge is 2.21. The van der Waals surface area contributed by atoms with Crippen LogP contribution < -0.4 is 10.5 Å². The summed E-state index contributed by atoms with van der Waals surface area (Å²) in [6, 6.07) is 0.0865. The number of aromatic nitrogens is 3. The Morgan fingerprint density at radius 1 is 1.47 bits per heavy atom. The van der Waals surface area contributed by atoms with E-state index in [1.807, 2.05) is 11.6 Å². The molecule has 2 aromatic rings. The van der Waals surface area contributed by atoms with Crippen molar-refractivity contribution in [3.05, 3.63) is 28.0 Å².